The van der Waals surface area contributed by atoms with Gasteiger partial charge in [0.25, 0.3) is 0 Å². The second kappa shape index (κ2) is 36.2. The summed E-state index contributed by atoms with van der Waals surface area (Å²) >= 11 is 1.18. The van der Waals surface area contributed by atoms with Crippen LogP contribution in [0.25, 0.3) is 0 Å². The van der Waals surface area contributed by atoms with Gasteiger partial charge in [0.15, 0.2) is 5.78 Å². The zero-order valence-electron chi connectivity index (χ0n) is 51.6. The highest BCUT2D eigenvalue weighted by atomic mass is 32.2. The third-order valence-electron chi connectivity index (χ3n) is 13.6. The van der Waals surface area contributed by atoms with Gasteiger partial charge in [0, 0.05) is 114 Å². The molecule has 14 amide bonds. The summed E-state index contributed by atoms with van der Waals surface area (Å²) in [6.07, 6.45) is 2.44. The van der Waals surface area contributed by atoms with Gasteiger partial charge in [0.05, 0.1) is 83.3 Å². The zero-order chi connectivity index (χ0) is 64.5. The number of unbranched alkanes of at least 4 members (excludes halogenated alkanes) is 2. The maximum atomic E-state index is 13.0. The molecule has 0 aromatic carbocycles. The molecule has 1 aliphatic heterocycles. The van der Waals surface area contributed by atoms with Crippen LogP contribution >= 0.6 is 11.8 Å². The molecule has 2 atom stereocenters. The predicted octanol–water partition coefficient (Wildman–Crippen LogP) is -3.55. The number of hydrogen-bond donors (Lipinski definition) is 2. The Morgan fingerprint density at radius 2 is 0.774 bits per heavy atom. The lowest BCUT2D eigenvalue weighted by Crippen LogP contribution is -2.49. The van der Waals surface area contributed by atoms with Gasteiger partial charge in [0.2, 0.25) is 82.7 Å². The number of carbonyl (C=O) groups is 16. The van der Waals surface area contributed by atoms with Crippen LogP contribution in [0.2, 0.25) is 0 Å². The van der Waals surface area contributed by atoms with E-state index >= 15 is 0 Å². The molecule has 1 aliphatic rings. The second-order valence-electron chi connectivity index (χ2n) is 21.7. The highest BCUT2D eigenvalue weighted by Crippen LogP contribution is 2.26. The van der Waals surface area contributed by atoms with Crippen LogP contribution < -0.4 is 10.6 Å². The lowest BCUT2D eigenvalue weighted by atomic mass is 10.0. The van der Waals surface area contributed by atoms with E-state index in [1.54, 1.807) is 20.8 Å². The van der Waals surface area contributed by atoms with Gasteiger partial charge in [0.1, 0.15) is 5.78 Å². The molecule has 0 aromatic heterocycles. The topological polar surface area (TPSA) is 333 Å². The molecule has 1 heterocycles. The first-order valence-electron chi connectivity index (χ1n) is 27.5. The van der Waals surface area contributed by atoms with Gasteiger partial charge in [-0.25, -0.2) is 0 Å². The molecular formula is C54H89N13O16S. The number of likely N-dealkylation sites (N-methyl/N-ethyl adjacent to an activating group) is 10. The lowest BCUT2D eigenvalue weighted by molar-refractivity contribution is -0.146. The number of nitrogens with one attached hydrogen (secondary N) is 2. The molecule has 0 bridgehead atoms. The molecule has 1 saturated heterocycles. The first-order valence-corrected chi connectivity index (χ1v) is 28.5. The third kappa shape index (κ3) is 26.4. The van der Waals surface area contributed by atoms with Crippen molar-refractivity contribution in [1.29, 1.82) is 0 Å². The van der Waals surface area contributed by atoms with Gasteiger partial charge in [-0.05, 0) is 19.8 Å². The molecular weight excluding hydrogens is 1120 g/mol. The van der Waals surface area contributed by atoms with E-state index in [9.17, 15) is 76.7 Å². The molecule has 472 valence electrons. The van der Waals surface area contributed by atoms with Gasteiger partial charge in [-0.15, -0.1) is 11.8 Å². The Balaban J connectivity index is 2.48. The predicted molar refractivity (Wildman–Crippen MR) is 307 cm³/mol. The molecule has 0 spiro atoms. The summed E-state index contributed by atoms with van der Waals surface area (Å²) in [5.74, 6) is -8.10. The van der Waals surface area contributed by atoms with Gasteiger partial charge in [-0.3, -0.25) is 81.6 Å². The number of carbonyl (C=O) groups excluding carboxylic acids is 16. The maximum Gasteiger partial charge on any atom is 0.242 e. The van der Waals surface area contributed by atoms with E-state index in [1.807, 2.05) is 13.8 Å². The maximum absolute atomic E-state index is 13.0. The minimum Gasteiger partial charge on any atom is -0.347 e. The van der Waals surface area contributed by atoms with Crippen LogP contribution in [-0.4, -0.2) is 314 Å². The van der Waals surface area contributed by atoms with E-state index in [2.05, 4.69) is 10.6 Å². The van der Waals surface area contributed by atoms with Crippen molar-refractivity contribution in [3.8, 4) is 0 Å². The molecule has 1 rings (SSSR count). The van der Waals surface area contributed by atoms with Crippen molar-refractivity contribution in [3.63, 3.8) is 0 Å². The van der Waals surface area contributed by atoms with Gasteiger partial charge in [-0.2, -0.15) is 0 Å². The molecule has 84 heavy (non-hydrogen) atoms. The summed E-state index contributed by atoms with van der Waals surface area (Å²) in [4.78, 5) is 215. The summed E-state index contributed by atoms with van der Waals surface area (Å²) in [6, 6.07) is -0.746. The van der Waals surface area contributed by atoms with Crippen LogP contribution in [-0.2, 0) is 76.7 Å². The van der Waals surface area contributed by atoms with Crippen LogP contribution in [0.3, 0.4) is 0 Å². The van der Waals surface area contributed by atoms with Crippen LogP contribution in [0.5, 0.6) is 0 Å². The fourth-order valence-electron chi connectivity index (χ4n) is 7.61. The second-order valence-corrected chi connectivity index (χ2v) is 23.1. The Morgan fingerprint density at radius 1 is 0.440 bits per heavy atom. The Bertz CT molecular complexity index is 2440. The first kappa shape index (κ1) is 74.5. The minimum absolute atomic E-state index is 0.0252. The minimum atomic E-state index is -0.746. The number of ketones is 2. The molecule has 29 nitrogen and oxygen atoms in total. The average molecular weight is 1210 g/mol. The highest BCUT2D eigenvalue weighted by Gasteiger charge is 2.38. The number of Topliss-reactive ketones (excluding diaryl/α,β-unsaturated/α-hetero) is 2. The first-order chi connectivity index (χ1) is 39.0. The van der Waals surface area contributed by atoms with E-state index in [4.69, 9.17) is 0 Å². The number of nitrogens with zero attached hydrogens (tertiary/aromatic N) is 11. The number of likely N-dealkylation sites (tertiary alicyclic amines) is 1. The summed E-state index contributed by atoms with van der Waals surface area (Å²) < 4.78 is 0. The van der Waals surface area contributed by atoms with Crippen LogP contribution in [0.15, 0.2) is 0 Å². The van der Waals surface area contributed by atoms with Crippen molar-refractivity contribution in [3.05, 3.63) is 0 Å². The zero-order valence-corrected chi connectivity index (χ0v) is 52.4. The van der Waals surface area contributed by atoms with Crippen molar-refractivity contribution >= 4 is 106 Å². The van der Waals surface area contributed by atoms with Crippen molar-refractivity contribution in [2.24, 2.45) is 11.8 Å². The van der Waals surface area contributed by atoms with E-state index < -0.39 is 148 Å². The molecule has 30 heteroatoms. The molecule has 0 aromatic rings. The van der Waals surface area contributed by atoms with E-state index in [0.717, 1.165) is 49.0 Å². The smallest absolute Gasteiger partial charge is 0.242 e. The Hall–Kier alpha value is -7.53. The third-order valence-corrected chi connectivity index (χ3v) is 14.8. The number of hydrogen-bond acceptors (Lipinski definition) is 17. The SMILES string of the molecule is CC(C)C(=O)CCCCCN1C(=O)CC(SCCC(=O)NCC(=O)N(C)CC(=O)N(C)CC(=O)N(C)CC(=O)N(C)CC(=O)N(C)CC(=O)N(C)CC(=O)N(C)CC(=O)N(C)CC(=O)N(C)CC(=O)N(C)CC(=O)NC(C)C(=O)C(C)C)C1=O. The lowest BCUT2D eigenvalue weighted by Gasteiger charge is -2.27. The quantitative estimate of drug-likeness (QED) is 0.0453. The number of thioether (sulfide) groups is 1. The molecule has 0 aliphatic carbocycles. The highest BCUT2D eigenvalue weighted by molar-refractivity contribution is 8.00. The molecule has 0 saturated carbocycles. The van der Waals surface area contributed by atoms with Gasteiger partial charge in [-0.1, -0.05) is 34.1 Å². The van der Waals surface area contributed by atoms with Crippen molar-refractivity contribution in [1.82, 2.24) is 64.5 Å². The van der Waals surface area contributed by atoms with Crippen LogP contribution in [0.1, 0.15) is 73.1 Å². The molecule has 2 unspecified atom stereocenters. The number of rotatable bonds is 36. The van der Waals surface area contributed by atoms with E-state index in [-0.39, 0.29) is 66.9 Å². The van der Waals surface area contributed by atoms with Crippen LogP contribution in [0, 0.1) is 11.8 Å². The monoisotopic (exact) mass is 1210 g/mol. The Labute approximate surface area is 496 Å². The van der Waals surface area contributed by atoms with E-state index in [1.165, 1.54) is 87.1 Å². The number of amides is 14. The van der Waals surface area contributed by atoms with Gasteiger partial charge >= 0.3 is 0 Å². The van der Waals surface area contributed by atoms with E-state index in [0.29, 0.717) is 25.7 Å². The molecule has 0 radical (unpaired) electrons. The van der Waals surface area contributed by atoms with Crippen molar-refractivity contribution < 1.29 is 76.7 Å². The standard InChI is InChI=1S/C54H89N13O16S/c1-35(2)38(68)19-17-16-18-21-67-42(71)23-39(54(67)83)84-22-20-40(69)55-24-43(72)58(7)26-45(74)60(9)28-47(76)62(11)30-49(78)64(13)32-51(80)66(15)34-52(81)65(14)33-50(79)63(12)31-48(77)61(10)29-46(75)59(8)27-44(73)57(6)25-41(70)56-37(5)53(82)36(3)4/h35-37,39H,16-34H2,1-15H3,(H,55,69)(H,56,70). The fraction of sp³-hybridized carbons (Fsp3) is 0.704. The average Bonchev–Trinajstić information content (AvgIpc) is 3.92. The molecule has 1 fully saturated rings. The Kier molecular flexibility index (Phi) is 32.1. The largest absolute Gasteiger partial charge is 0.347 e. The van der Waals surface area contributed by atoms with Gasteiger partial charge < -0.3 is 59.6 Å². The van der Waals surface area contributed by atoms with Crippen molar-refractivity contribution in [2.45, 2.75) is 84.4 Å². The summed E-state index contributed by atoms with van der Waals surface area (Å²) in [5.41, 5.74) is 0. The Morgan fingerprint density at radius 3 is 1.11 bits per heavy atom. The molecule has 2 N–H and O–H groups in total. The normalized spacial score (nSPS) is 13.1. The summed E-state index contributed by atoms with van der Waals surface area (Å²) in [7, 11) is 13.2. The fourth-order valence-corrected chi connectivity index (χ4v) is 8.73. The summed E-state index contributed by atoms with van der Waals surface area (Å²) in [5, 5.41) is 4.39. The van der Waals surface area contributed by atoms with Crippen LogP contribution in [0.4, 0.5) is 0 Å². The summed E-state index contributed by atoms with van der Waals surface area (Å²) in [6.45, 7) is 3.87. The van der Waals surface area contributed by atoms with Crippen molar-refractivity contribution in [2.75, 3.05) is 155 Å². The number of imide groups is 1.